The average Bonchev–Trinajstić information content (AvgIpc) is 2.88. The topological polar surface area (TPSA) is 136 Å². The molecule has 0 saturated carbocycles. The lowest BCUT2D eigenvalue weighted by molar-refractivity contribution is -0.133. The molecule has 2 aromatic rings. The summed E-state index contributed by atoms with van der Waals surface area (Å²) in [6, 6.07) is 11.5. The van der Waals surface area contributed by atoms with Gasteiger partial charge in [-0.1, -0.05) is 30.3 Å². The van der Waals surface area contributed by atoms with E-state index in [9.17, 15) is 24.3 Å². The van der Waals surface area contributed by atoms with E-state index in [4.69, 9.17) is 5.11 Å². The van der Waals surface area contributed by atoms with E-state index in [2.05, 4.69) is 10.6 Å². The lowest BCUT2D eigenvalue weighted by Gasteiger charge is -2.22. The van der Waals surface area contributed by atoms with Crippen molar-refractivity contribution in [1.29, 1.82) is 0 Å². The quantitative estimate of drug-likeness (QED) is 0.456. The number of imide groups is 1. The molecule has 1 aliphatic rings. The van der Waals surface area contributed by atoms with Gasteiger partial charge in [0.1, 0.15) is 23.4 Å². The zero-order valence-electron chi connectivity index (χ0n) is 14.8. The molecule has 144 valence electrons. The van der Waals surface area contributed by atoms with Crippen LogP contribution < -0.4 is 10.6 Å². The maximum atomic E-state index is 12.8. The Bertz CT molecular complexity index is 975. The second-order valence-corrected chi connectivity index (χ2v) is 6.40. The number of aromatic hydroxyl groups is 1. The fourth-order valence-electron chi connectivity index (χ4n) is 2.94. The van der Waals surface area contributed by atoms with Gasteiger partial charge in [-0.05, 0) is 30.7 Å². The zero-order valence-corrected chi connectivity index (χ0v) is 14.8. The van der Waals surface area contributed by atoms with Crippen molar-refractivity contribution in [3.05, 3.63) is 59.7 Å². The summed E-state index contributed by atoms with van der Waals surface area (Å²) >= 11 is 0. The number of carbonyl (C=O) groups excluding carboxylic acids is 3. The molecule has 0 aromatic heterocycles. The zero-order chi connectivity index (χ0) is 20.5. The summed E-state index contributed by atoms with van der Waals surface area (Å²) in [5.41, 5.74) is -0.975. The molecule has 1 aliphatic heterocycles. The standard InChI is InChI=1S/C19H17N3O6/c1-19(11-5-3-2-4-6-11)17(27)22(18(28)21-19)10-15(24)20-12-7-8-14(23)13(9-12)16(25)26/h2-9,23H,10H2,1H3,(H,20,24)(H,21,28)(H,25,26). The second kappa shape index (κ2) is 7.03. The van der Waals surface area contributed by atoms with Crippen LogP contribution in [0, 0.1) is 0 Å². The Morgan fingerprint density at radius 1 is 1.14 bits per heavy atom. The van der Waals surface area contributed by atoms with Gasteiger partial charge in [0, 0.05) is 5.69 Å². The van der Waals surface area contributed by atoms with Crippen LogP contribution in [0.4, 0.5) is 10.5 Å². The highest BCUT2D eigenvalue weighted by molar-refractivity contribution is 6.10. The van der Waals surface area contributed by atoms with Gasteiger partial charge in [-0.15, -0.1) is 0 Å². The number of carboxylic acid groups (broad SMARTS) is 1. The lowest BCUT2D eigenvalue weighted by atomic mass is 9.92. The molecule has 28 heavy (non-hydrogen) atoms. The van der Waals surface area contributed by atoms with Crippen molar-refractivity contribution in [1.82, 2.24) is 10.2 Å². The van der Waals surface area contributed by atoms with E-state index in [-0.39, 0.29) is 11.3 Å². The Labute approximate surface area is 159 Å². The van der Waals surface area contributed by atoms with E-state index in [0.717, 1.165) is 17.0 Å². The summed E-state index contributed by atoms with van der Waals surface area (Å²) in [5, 5.41) is 23.5. The van der Waals surface area contributed by atoms with Crippen LogP contribution in [0.2, 0.25) is 0 Å². The summed E-state index contributed by atoms with van der Waals surface area (Å²) in [6.45, 7) is 1.01. The first-order chi connectivity index (χ1) is 13.2. The number of carboxylic acids is 1. The van der Waals surface area contributed by atoms with Crippen molar-refractivity contribution in [2.75, 3.05) is 11.9 Å². The molecule has 0 spiro atoms. The third-order valence-electron chi connectivity index (χ3n) is 4.44. The number of aromatic carboxylic acids is 1. The van der Waals surface area contributed by atoms with Crippen molar-refractivity contribution < 1.29 is 29.4 Å². The van der Waals surface area contributed by atoms with Crippen LogP contribution in [0.15, 0.2) is 48.5 Å². The van der Waals surface area contributed by atoms with Gasteiger partial charge in [-0.3, -0.25) is 14.5 Å². The molecule has 2 aromatic carbocycles. The van der Waals surface area contributed by atoms with Gasteiger partial charge < -0.3 is 20.8 Å². The average molecular weight is 383 g/mol. The molecule has 4 amide bonds. The molecule has 9 nitrogen and oxygen atoms in total. The molecule has 0 aliphatic carbocycles. The monoisotopic (exact) mass is 383 g/mol. The maximum absolute atomic E-state index is 12.8. The smallest absolute Gasteiger partial charge is 0.339 e. The van der Waals surface area contributed by atoms with E-state index in [1.54, 1.807) is 37.3 Å². The third-order valence-corrected chi connectivity index (χ3v) is 4.44. The van der Waals surface area contributed by atoms with E-state index in [0.29, 0.717) is 5.56 Å². The number of benzene rings is 2. The number of carbonyl (C=O) groups is 4. The Hall–Kier alpha value is -3.88. The number of nitrogens with zero attached hydrogens (tertiary/aromatic N) is 1. The minimum atomic E-state index is -1.36. The number of hydrogen-bond donors (Lipinski definition) is 4. The predicted octanol–water partition coefficient (Wildman–Crippen LogP) is 1.50. The molecule has 1 atom stereocenters. The highest BCUT2D eigenvalue weighted by atomic mass is 16.4. The molecule has 4 N–H and O–H groups in total. The maximum Gasteiger partial charge on any atom is 0.339 e. The van der Waals surface area contributed by atoms with Crippen LogP contribution >= 0.6 is 0 Å². The number of anilines is 1. The second-order valence-electron chi connectivity index (χ2n) is 6.40. The first-order valence-corrected chi connectivity index (χ1v) is 8.28. The van der Waals surface area contributed by atoms with Gasteiger partial charge in [0.2, 0.25) is 5.91 Å². The summed E-state index contributed by atoms with van der Waals surface area (Å²) in [5.74, 6) is -3.07. The van der Waals surface area contributed by atoms with E-state index in [1.165, 1.54) is 6.07 Å². The molecule has 0 bridgehead atoms. The van der Waals surface area contributed by atoms with Crippen LogP contribution in [-0.4, -0.2) is 45.5 Å². The fraction of sp³-hybridized carbons (Fsp3) is 0.158. The minimum absolute atomic E-state index is 0.109. The largest absolute Gasteiger partial charge is 0.507 e. The van der Waals surface area contributed by atoms with Crippen molar-refractivity contribution in [2.24, 2.45) is 0 Å². The van der Waals surface area contributed by atoms with Crippen molar-refractivity contribution in [2.45, 2.75) is 12.5 Å². The summed E-state index contributed by atoms with van der Waals surface area (Å²) in [7, 11) is 0. The van der Waals surface area contributed by atoms with Gasteiger partial charge in [0.25, 0.3) is 5.91 Å². The van der Waals surface area contributed by atoms with Crippen molar-refractivity contribution >= 4 is 29.5 Å². The SMILES string of the molecule is CC1(c2ccccc2)NC(=O)N(CC(=O)Nc2ccc(O)c(C(=O)O)c2)C1=O. The first-order valence-electron chi connectivity index (χ1n) is 8.28. The van der Waals surface area contributed by atoms with Crippen LogP contribution in [-0.2, 0) is 15.1 Å². The Kier molecular flexibility index (Phi) is 4.74. The third kappa shape index (κ3) is 3.37. The lowest BCUT2D eigenvalue weighted by Crippen LogP contribution is -2.42. The van der Waals surface area contributed by atoms with Gasteiger partial charge in [0.05, 0.1) is 0 Å². The number of nitrogens with one attached hydrogen (secondary N) is 2. The van der Waals surface area contributed by atoms with Crippen molar-refractivity contribution in [3.8, 4) is 5.75 Å². The normalized spacial score (nSPS) is 18.7. The number of urea groups is 1. The summed E-state index contributed by atoms with van der Waals surface area (Å²) < 4.78 is 0. The summed E-state index contributed by atoms with van der Waals surface area (Å²) in [6.07, 6.45) is 0. The number of rotatable bonds is 5. The minimum Gasteiger partial charge on any atom is -0.507 e. The van der Waals surface area contributed by atoms with Gasteiger partial charge in [-0.25, -0.2) is 9.59 Å². The summed E-state index contributed by atoms with van der Waals surface area (Å²) in [4.78, 5) is 49.1. The van der Waals surface area contributed by atoms with E-state index < -0.39 is 41.6 Å². The van der Waals surface area contributed by atoms with Gasteiger partial charge >= 0.3 is 12.0 Å². The van der Waals surface area contributed by atoms with Crippen LogP contribution in [0.3, 0.4) is 0 Å². The van der Waals surface area contributed by atoms with E-state index >= 15 is 0 Å². The number of hydrogen-bond acceptors (Lipinski definition) is 5. The van der Waals surface area contributed by atoms with Crippen molar-refractivity contribution in [3.63, 3.8) is 0 Å². The number of amides is 4. The van der Waals surface area contributed by atoms with Crippen LogP contribution in [0.1, 0.15) is 22.8 Å². The van der Waals surface area contributed by atoms with Gasteiger partial charge in [0.15, 0.2) is 0 Å². The highest BCUT2D eigenvalue weighted by Gasteiger charge is 2.49. The Morgan fingerprint density at radius 3 is 2.46 bits per heavy atom. The first kappa shape index (κ1) is 18.9. The molecule has 1 fully saturated rings. The Morgan fingerprint density at radius 2 is 1.82 bits per heavy atom. The molecule has 1 heterocycles. The van der Waals surface area contributed by atoms with Crippen LogP contribution in [0.25, 0.3) is 0 Å². The molecule has 1 unspecified atom stereocenters. The molecule has 3 rings (SSSR count). The molecular formula is C19H17N3O6. The Balaban J connectivity index is 1.74. The molecular weight excluding hydrogens is 366 g/mol. The number of phenols is 1. The predicted molar refractivity (Wildman–Crippen MR) is 97.7 cm³/mol. The molecule has 0 radical (unpaired) electrons. The van der Waals surface area contributed by atoms with Gasteiger partial charge in [-0.2, -0.15) is 0 Å². The van der Waals surface area contributed by atoms with E-state index in [1.807, 2.05) is 0 Å². The highest BCUT2D eigenvalue weighted by Crippen LogP contribution is 2.28. The van der Waals surface area contributed by atoms with Crippen LogP contribution in [0.5, 0.6) is 5.75 Å². The molecule has 1 saturated heterocycles. The molecule has 9 heteroatoms. The fourth-order valence-corrected chi connectivity index (χ4v) is 2.94.